The number of hydrogen-bond donors (Lipinski definition) is 3. The van der Waals surface area contributed by atoms with Crippen LogP contribution in [0.15, 0.2) is 0 Å². The van der Waals surface area contributed by atoms with Crippen LogP contribution >= 0.6 is 7.82 Å². The van der Waals surface area contributed by atoms with Gasteiger partial charge in [-0.3, -0.25) is 9.84 Å². The summed E-state index contributed by atoms with van der Waals surface area (Å²) in [4.78, 5) is 17.2. The topological polar surface area (TPSA) is 78.8 Å². The van der Waals surface area contributed by atoms with Crippen molar-refractivity contribution < 1.29 is 18.9 Å². The van der Waals surface area contributed by atoms with E-state index in [4.69, 9.17) is 9.79 Å². The Hall–Kier alpha value is 0.0700. The van der Waals surface area contributed by atoms with Gasteiger partial charge in [0, 0.05) is 0 Å². The fourth-order valence-electron chi connectivity index (χ4n) is 2.16. The number of phosphoric acid groups is 1. The van der Waals surface area contributed by atoms with E-state index in [2.05, 4.69) is 16.8 Å². The fourth-order valence-corrected chi connectivity index (χ4v) is 2.65. The van der Waals surface area contributed by atoms with E-state index in [9.17, 15) is 4.57 Å². The maximum atomic E-state index is 10.6. The van der Waals surface area contributed by atoms with Gasteiger partial charge in [0.2, 0.25) is 0 Å². The Morgan fingerprint density at radius 1 is 0.950 bits per heavy atom. The average molecular weight is 309 g/mol. The molecule has 1 atom stereocenters. The number of hydrogen-bond acceptors (Lipinski definition) is 3. The van der Waals surface area contributed by atoms with E-state index in [1.54, 1.807) is 6.92 Å². The first-order valence-corrected chi connectivity index (χ1v) is 9.46. The van der Waals surface area contributed by atoms with E-state index >= 15 is 0 Å². The van der Waals surface area contributed by atoms with Crippen molar-refractivity contribution in [3.63, 3.8) is 0 Å². The van der Waals surface area contributed by atoms with Gasteiger partial charge in [-0.1, -0.05) is 64.7 Å². The van der Waals surface area contributed by atoms with Crippen LogP contribution in [0.2, 0.25) is 0 Å². The minimum absolute atomic E-state index is 0.602. The summed E-state index contributed by atoms with van der Waals surface area (Å²) in [6, 6.07) is 0. The molecule has 0 rings (SSSR count). The Kier molecular flexibility index (Phi) is 12.8. The normalized spacial score (nSPS) is 13.6. The summed E-state index contributed by atoms with van der Waals surface area (Å²) in [5, 5.41) is 2.95. The van der Waals surface area contributed by atoms with E-state index in [1.807, 2.05) is 0 Å². The molecule has 0 aromatic heterocycles. The first-order chi connectivity index (χ1) is 9.45. The van der Waals surface area contributed by atoms with Crippen LogP contribution in [0.4, 0.5) is 0 Å². The third-order valence-corrected chi connectivity index (χ3v) is 3.85. The molecule has 0 aromatic carbocycles. The highest BCUT2D eigenvalue weighted by Gasteiger charge is 2.17. The van der Waals surface area contributed by atoms with Crippen LogP contribution in [0, 0.1) is 0 Å². The standard InChI is InChI=1S/C14H32NO4P/c1-3-4-5-6-7-8-9-10-11-12-13-15-14(2)19-20(16,17)18/h14-15H,3-13H2,1-2H3,(H2,16,17,18). The summed E-state index contributed by atoms with van der Waals surface area (Å²) in [7, 11) is -4.37. The van der Waals surface area contributed by atoms with Gasteiger partial charge in [-0.05, 0) is 19.9 Å². The molecular formula is C14H32NO4P. The first-order valence-electron chi connectivity index (χ1n) is 7.93. The Morgan fingerprint density at radius 2 is 1.40 bits per heavy atom. The summed E-state index contributed by atoms with van der Waals surface area (Å²) in [5.74, 6) is 0. The highest BCUT2D eigenvalue weighted by atomic mass is 31.2. The summed E-state index contributed by atoms with van der Waals surface area (Å²) in [6.45, 7) is 4.58. The number of nitrogens with one attached hydrogen (secondary N) is 1. The van der Waals surface area contributed by atoms with Crippen LogP contribution in [0.3, 0.4) is 0 Å². The number of phosphoric ester groups is 1. The molecule has 0 aliphatic carbocycles. The van der Waals surface area contributed by atoms with Crippen LogP contribution in [0.25, 0.3) is 0 Å². The zero-order valence-electron chi connectivity index (χ0n) is 13.0. The van der Waals surface area contributed by atoms with Crippen LogP contribution in [0.5, 0.6) is 0 Å². The molecule has 0 fully saturated rings. The quantitative estimate of drug-likeness (QED) is 0.257. The van der Waals surface area contributed by atoms with Gasteiger partial charge < -0.3 is 9.79 Å². The SMILES string of the molecule is CCCCCCCCCCCCNC(C)OP(=O)(O)O. The molecule has 0 aromatic rings. The molecule has 0 radical (unpaired) electrons. The smallest absolute Gasteiger partial charge is 0.303 e. The first kappa shape index (κ1) is 20.1. The van der Waals surface area contributed by atoms with Crippen LogP contribution in [-0.4, -0.2) is 22.6 Å². The average Bonchev–Trinajstić information content (AvgIpc) is 2.34. The van der Waals surface area contributed by atoms with Crippen LogP contribution in [0.1, 0.15) is 78.1 Å². The molecule has 0 heterocycles. The van der Waals surface area contributed by atoms with Crippen LogP contribution in [-0.2, 0) is 9.09 Å². The molecule has 122 valence electrons. The fraction of sp³-hybridized carbons (Fsp3) is 1.00. The second-order valence-electron chi connectivity index (χ2n) is 5.37. The lowest BCUT2D eigenvalue weighted by molar-refractivity contribution is 0.121. The minimum Gasteiger partial charge on any atom is -0.303 e. The molecule has 0 amide bonds. The van der Waals surface area contributed by atoms with Crippen molar-refractivity contribution in [3.05, 3.63) is 0 Å². The lowest BCUT2D eigenvalue weighted by Gasteiger charge is -2.14. The Balaban J connectivity index is 3.19. The second kappa shape index (κ2) is 12.8. The van der Waals surface area contributed by atoms with Gasteiger partial charge in [0.15, 0.2) is 0 Å². The molecule has 0 spiro atoms. The maximum absolute atomic E-state index is 10.6. The Morgan fingerprint density at radius 3 is 1.85 bits per heavy atom. The van der Waals surface area contributed by atoms with Gasteiger partial charge in [0.1, 0.15) is 6.23 Å². The molecular weight excluding hydrogens is 277 g/mol. The van der Waals surface area contributed by atoms with E-state index in [1.165, 1.54) is 51.4 Å². The Bertz CT molecular complexity index is 258. The second-order valence-corrected chi connectivity index (χ2v) is 6.57. The predicted molar refractivity (Wildman–Crippen MR) is 82.4 cm³/mol. The molecule has 0 aliphatic heterocycles. The Labute approximate surface area is 123 Å². The molecule has 0 saturated carbocycles. The predicted octanol–water partition coefficient (Wildman–Crippen LogP) is 3.95. The molecule has 0 bridgehead atoms. The van der Waals surface area contributed by atoms with E-state index in [0.29, 0.717) is 0 Å². The van der Waals surface area contributed by atoms with Gasteiger partial charge in [-0.2, -0.15) is 0 Å². The monoisotopic (exact) mass is 309 g/mol. The molecule has 0 saturated heterocycles. The van der Waals surface area contributed by atoms with Gasteiger partial charge >= 0.3 is 7.82 Å². The van der Waals surface area contributed by atoms with Crippen molar-refractivity contribution in [1.29, 1.82) is 0 Å². The van der Waals surface area contributed by atoms with Crippen molar-refractivity contribution >= 4 is 7.82 Å². The summed E-state index contributed by atoms with van der Waals surface area (Å²) < 4.78 is 15.1. The largest absolute Gasteiger partial charge is 0.471 e. The van der Waals surface area contributed by atoms with Gasteiger partial charge in [-0.15, -0.1) is 0 Å². The molecule has 20 heavy (non-hydrogen) atoms. The van der Waals surface area contributed by atoms with Gasteiger partial charge in [0.25, 0.3) is 0 Å². The zero-order valence-corrected chi connectivity index (χ0v) is 13.9. The maximum Gasteiger partial charge on any atom is 0.471 e. The highest BCUT2D eigenvalue weighted by molar-refractivity contribution is 7.46. The van der Waals surface area contributed by atoms with Gasteiger partial charge in [0.05, 0.1) is 0 Å². The third-order valence-electron chi connectivity index (χ3n) is 3.26. The highest BCUT2D eigenvalue weighted by Crippen LogP contribution is 2.36. The zero-order chi connectivity index (χ0) is 15.3. The molecule has 1 unspecified atom stereocenters. The number of rotatable bonds is 14. The molecule has 3 N–H and O–H groups in total. The summed E-state index contributed by atoms with van der Waals surface area (Å²) >= 11 is 0. The van der Waals surface area contributed by atoms with E-state index < -0.39 is 14.1 Å². The molecule has 5 nitrogen and oxygen atoms in total. The molecule has 0 aliphatic rings. The van der Waals surface area contributed by atoms with E-state index in [-0.39, 0.29) is 0 Å². The van der Waals surface area contributed by atoms with Crippen molar-refractivity contribution in [3.8, 4) is 0 Å². The lowest BCUT2D eigenvalue weighted by Crippen LogP contribution is -2.28. The number of unbranched alkanes of at least 4 members (excludes halogenated alkanes) is 9. The summed E-state index contributed by atoms with van der Waals surface area (Å²) in [5.41, 5.74) is 0. The van der Waals surface area contributed by atoms with Crippen LogP contribution < -0.4 is 5.32 Å². The summed E-state index contributed by atoms with van der Waals surface area (Å²) in [6.07, 6.45) is 12.2. The van der Waals surface area contributed by atoms with Gasteiger partial charge in [-0.25, -0.2) is 4.57 Å². The lowest BCUT2D eigenvalue weighted by atomic mass is 10.1. The third kappa shape index (κ3) is 16.1. The van der Waals surface area contributed by atoms with Crippen molar-refractivity contribution in [2.75, 3.05) is 6.54 Å². The molecule has 6 heteroatoms. The minimum atomic E-state index is -4.37. The van der Waals surface area contributed by atoms with Crippen molar-refractivity contribution in [2.24, 2.45) is 0 Å². The van der Waals surface area contributed by atoms with Crippen molar-refractivity contribution in [2.45, 2.75) is 84.3 Å². The van der Waals surface area contributed by atoms with Crippen molar-refractivity contribution in [1.82, 2.24) is 5.32 Å². The van der Waals surface area contributed by atoms with E-state index in [0.717, 1.165) is 19.4 Å².